The van der Waals surface area contributed by atoms with E-state index in [9.17, 15) is 5.11 Å². The Morgan fingerprint density at radius 3 is 2.56 bits per heavy atom. The first-order valence-electron chi connectivity index (χ1n) is 4.76. The number of aromatic nitrogens is 1. The molecule has 3 heteroatoms. The van der Waals surface area contributed by atoms with Crippen LogP contribution in [0.4, 0.5) is 0 Å². The summed E-state index contributed by atoms with van der Waals surface area (Å²) in [5, 5.41) is 10.3. The smallest absolute Gasteiger partial charge is 0.123 e. The molecule has 0 radical (unpaired) electrons. The minimum absolute atomic E-state index is 0.172. The summed E-state index contributed by atoms with van der Waals surface area (Å²) < 4.78 is 0. The molecule has 1 aromatic carbocycles. The van der Waals surface area contributed by atoms with Crippen molar-refractivity contribution in [2.75, 3.05) is 0 Å². The average Bonchev–Trinajstić information content (AvgIpc) is 2.32. The second-order valence-corrected chi connectivity index (χ2v) is 3.81. The van der Waals surface area contributed by atoms with E-state index in [1.807, 2.05) is 12.1 Å². The van der Waals surface area contributed by atoms with Gasteiger partial charge in [0.25, 0.3) is 0 Å². The Bertz CT molecular complexity index is 523. The number of phenolic OH excluding ortho intramolecular Hbond substituents is 1. The number of rotatable bonds is 2. The highest BCUT2D eigenvalue weighted by atomic mass is 35.5. The molecule has 2 nitrogen and oxygen atoms in total. The molecule has 0 aliphatic rings. The Morgan fingerprint density at radius 1 is 1.19 bits per heavy atom. The van der Waals surface area contributed by atoms with Gasteiger partial charge in [-0.3, -0.25) is 4.98 Å². The first-order chi connectivity index (χ1) is 7.68. The van der Waals surface area contributed by atoms with E-state index in [2.05, 4.69) is 11.6 Å². The van der Waals surface area contributed by atoms with Crippen LogP contribution in [-0.2, 0) is 0 Å². The fourth-order valence-electron chi connectivity index (χ4n) is 1.46. The molecule has 0 aliphatic carbocycles. The second kappa shape index (κ2) is 4.37. The van der Waals surface area contributed by atoms with Crippen LogP contribution in [0.25, 0.3) is 5.57 Å². The summed E-state index contributed by atoms with van der Waals surface area (Å²) >= 11 is 5.88. The van der Waals surface area contributed by atoms with E-state index in [0.717, 1.165) is 11.1 Å². The van der Waals surface area contributed by atoms with Crippen molar-refractivity contribution in [3.05, 3.63) is 65.5 Å². The zero-order valence-corrected chi connectivity index (χ0v) is 9.28. The summed E-state index contributed by atoms with van der Waals surface area (Å²) in [5.74, 6) is 0.172. The molecule has 0 bridgehead atoms. The Hall–Kier alpha value is -1.80. The largest absolute Gasteiger partial charge is 0.507 e. The Labute approximate surface area is 98.8 Å². The highest BCUT2D eigenvalue weighted by molar-refractivity contribution is 6.30. The summed E-state index contributed by atoms with van der Waals surface area (Å²) in [4.78, 5) is 3.93. The monoisotopic (exact) mass is 231 g/mol. The van der Waals surface area contributed by atoms with Gasteiger partial charge in [0, 0.05) is 23.0 Å². The number of aromatic hydroxyl groups is 1. The highest BCUT2D eigenvalue weighted by Crippen LogP contribution is 2.30. The number of hydrogen-bond acceptors (Lipinski definition) is 2. The van der Waals surface area contributed by atoms with Crippen LogP contribution in [0.2, 0.25) is 5.02 Å². The molecule has 0 spiro atoms. The molecule has 0 saturated heterocycles. The zero-order valence-electron chi connectivity index (χ0n) is 8.52. The molecule has 1 aromatic heterocycles. The fourth-order valence-corrected chi connectivity index (χ4v) is 1.63. The number of nitrogens with zero attached hydrogens (tertiary/aromatic N) is 1. The van der Waals surface area contributed by atoms with Gasteiger partial charge < -0.3 is 5.11 Å². The van der Waals surface area contributed by atoms with Gasteiger partial charge >= 0.3 is 0 Å². The van der Waals surface area contributed by atoms with E-state index in [-0.39, 0.29) is 5.75 Å². The molecule has 2 aromatic rings. The van der Waals surface area contributed by atoms with Crippen molar-refractivity contribution in [2.45, 2.75) is 0 Å². The van der Waals surface area contributed by atoms with E-state index in [0.29, 0.717) is 10.6 Å². The average molecular weight is 232 g/mol. The van der Waals surface area contributed by atoms with Gasteiger partial charge in [0.05, 0.1) is 0 Å². The molecular formula is C13H10ClNO. The number of benzene rings is 1. The first kappa shape index (κ1) is 10.7. The maximum absolute atomic E-state index is 9.73. The van der Waals surface area contributed by atoms with Crippen molar-refractivity contribution in [1.29, 1.82) is 0 Å². The third kappa shape index (κ3) is 2.07. The second-order valence-electron chi connectivity index (χ2n) is 3.38. The maximum atomic E-state index is 9.73. The fraction of sp³-hybridized carbons (Fsp3) is 0. The van der Waals surface area contributed by atoms with Crippen LogP contribution < -0.4 is 0 Å². The summed E-state index contributed by atoms with van der Waals surface area (Å²) in [7, 11) is 0. The molecule has 16 heavy (non-hydrogen) atoms. The third-order valence-electron chi connectivity index (χ3n) is 2.31. The number of halogens is 1. The summed E-state index contributed by atoms with van der Waals surface area (Å²) in [5.41, 5.74) is 2.27. The molecule has 2 rings (SSSR count). The van der Waals surface area contributed by atoms with Crippen molar-refractivity contribution >= 4 is 17.2 Å². The predicted molar refractivity (Wildman–Crippen MR) is 65.5 cm³/mol. The Kier molecular flexibility index (Phi) is 2.93. The molecular weight excluding hydrogens is 222 g/mol. The van der Waals surface area contributed by atoms with Gasteiger partial charge in [-0.05, 0) is 41.5 Å². The Balaban J connectivity index is 2.46. The molecule has 1 heterocycles. The van der Waals surface area contributed by atoms with Gasteiger partial charge in [0.15, 0.2) is 0 Å². The molecule has 80 valence electrons. The molecule has 0 fully saturated rings. The van der Waals surface area contributed by atoms with Crippen LogP contribution in [0.15, 0.2) is 49.3 Å². The van der Waals surface area contributed by atoms with Crippen molar-refractivity contribution in [2.24, 2.45) is 0 Å². The van der Waals surface area contributed by atoms with Crippen molar-refractivity contribution < 1.29 is 5.11 Å². The van der Waals surface area contributed by atoms with Gasteiger partial charge in [0.1, 0.15) is 5.75 Å². The highest BCUT2D eigenvalue weighted by Gasteiger charge is 2.07. The quantitative estimate of drug-likeness (QED) is 0.858. The van der Waals surface area contributed by atoms with Crippen LogP contribution in [0, 0.1) is 0 Å². The van der Waals surface area contributed by atoms with Gasteiger partial charge in [-0.1, -0.05) is 18.2 Å². The van der Waals surface area contributed by atoms with E-state index < -0.39 is 0 Å². The lowest BCUT2D eigenvalue weighted by atomic mass is 10.00. The lowest BCUT2D eigenvalue weighted by Crippen LogP contribution is -1.87. The van der Waals surface area contributed by atoms with Crippen molar-refractivity contribution in [3.8, 4) is 5.75 Å². The van der Waals surface area contributed by atoms with Gasteiger partial charge in [0.2, 0.25) is 0 Å². The normalized spacial score (nSPS) is 10.1. The SMILES string of the molecule is C=C(c1ccncc1)c1cc(Cl)ccc1O. The zero-order chi connectivity index (χ0) is 11.5. The van der Waals surface area contributed by atoms with Crippen LogP contribution in [0.5, 0.6) is 5.75 Å². The van der Waals surface area contributed by atoms with E-state index >= 15 is 0 Å². The van der Waals surface area contributed by atoms with Gasteiger partial charge in [-0.15, -0.1) is 0 Å². The molecule has 1 N–H and O–H groups in total. The summed E-state index contributed by atoms with van der Waals surface area (Å²) in [6.07, 6.45) is 3.37. The topological polar surface area (TPSA) is 33.1 Å². The van der Waals surface area contributed by atoms with Crippen molar-refractivity contribution in [1.82, 2.24) is 4.98 Å². The predicted octanol–water partition coefficient (Wildman–Crippen LogP) is 3.50. The lowest BCUT2D eigenvalue weighted by Gasteiger charge is -2.08. The van der Waals surface area contributed by atoms with Crippen LogP contribution in [0.1, 0.15) is 11.1 Å². The molecule has 0 saturated carbocycles. The first-order valence-corrected chi connectivity index (χ1v) is 5.14. The molecule has 0 amide bonds. The van der Waals surface area contributed by atoms with Gasteiger partial charge in [-0.2, -0.15) is 0 Å². The lowest BCUT2D eigenvalue weighted by molar-refractivity contribution is 0.473. The number of hydrogen-bond donors (Lipinski definition) is 1. The Morgan fingerprint density at radius 2 is 1.88 bits per heavy atom. The third-order valence-corrected chi connectivity index (χ3v) is 2.55. The van der Waals surface area contributed by atoms with Crippen molar-refractivity contribution in [3.63, 3.8) is 0 Å². The van der Waals surface area contributed by atoms with Crippen LogP contribution >= 0.6 is 11.6 Å². The molecule has 0 aliphatic heterocycles. The molecule has 0 unspecified atom stereocenters. The minimum Gasteiger partial charge on any atom is -0.507 e. The standard InChI is InChI=1S/C13H10ClNO/c1-9(10-4-6-15-7-5-10)12-8-11(14)2-3-13(12)16/h2-8,16H,1H2. The van der Waals surface area contributed by atoms with Gasteiger partial charge in [-0.25, -0.2) is 0 Å². The van der Waals surface area contributed by atoms with Crippen LogP contribution in [-0.4, -0.2) is 10.1 Å². The number of pyridine rings is 1. The maximum Gasteiger partial charge on any atom is 0.123 e. The molecule has 0 atom stereocenters. The summed E-state index contributed by atoms with van der Waals surface area (Å²) in [6, 6.07) is 8.56. The van der Waals surface area contributed by atoms with E-state index in [1.54, 1.807) is 30.6 Å². The van der Waals surface area contributed by atoms with Crippen LogP contribution in [0.3, 0.4) is 0 Å². The number of phenols is 1. The van der Waals surface area contributed by atoms with E-state index in [4.69, 9.17) is 11.6 Å². The van der Waals surface area contributed by atoms with E-state index in [1.165, 1.54) is 0 Å². The minimum atomic E-state index is 0.172. The summed E-state index contributed by atoms with van der Waals surface area (Å²) in [6.45, 7) is 3.95.